The highest BCUT2D eigenvalue weighted by Crippen LogP contribution is 2.60. The number of esters is 2. The average Bonchev–Trinajstić information content (AvgIpc) is 3.97. The van der Waals surface area contributed by atoms with Gasteiger partial charge >= 0.3 is 33.3 Å². The van der Waals surface area contributed by atoms with Gasteiger partial charge in [0.2, 0.25) is 0 Å². The van der Waals surface area contributed by atoms with E-state index in [-0.39, 0.29) is 18.7 Å². The van der Waals surface area contributed by atoms with Gasteiger partial charge in [0.1, 0.15) is 30.7 Å². The van der Waals surface area contributed by atoms with Crippen molar-refractivity contribution in [1.82, 2.24) is 9.55 Å². The maximum absolute atomic E-state index is 12.9. The standard InChI is InChI=1S/C46H81N3O16P2/c1-3-5-7-9-11-12-13-14-15-16-17-21-25-29-41(50)59-33-36(62-42(51)30-26-22-18-20-24-28-38-37(63-38)27-23-19-10-8-6-4-2)34-60-66(55,56)65-67(57,58)61-35-39-43(52)44(53)45(64-39)49-32-31-40(47)48-46(49)54/h19,23,31-32,36-39,43-45,52-53H,3-18,20-22,24-30,33-35H2,1-2H3,(H,55,56)(H,57,58)(H2,47,48,54)/b23-19-/t36-,37?,38?,39-,43-,44-,45-/m1/s1. The van der Waals surface area contributed by atoms with Crippen molar-refractivity contribution in [1.29, 1.82) is 0 Å². The molecule has 19 nitrogen and oxygen atoms in total. The van der Waals surface area contributed by atoms with Crippen molar-refractivity contribution in [3.05, 3.63) is 34.9 Å². The number of hydrogen-bond acceptors (Lipinski definition) is 16. The van der Waals surface area contributed by atoms with E-state index in [1.165, 1.54) is 76.7 Å². The molecule has 1 aromatic heterocycles. The number of hydrogen-bond donors (Lipinski definition) is 5. The lowest BCUT2D eigenvalue weighted by atomic mass is 10.0. The smallest absolute Gasteiger partial charge is 0.462 e. The van der Waals surface area contributed by atoms with Crippen LogP contribution in [0.25, 0.3) is 0 Å². The molecule has 2 aliphatic heterocycles. The number of unbranched alkanes of at least 4 members (excludes halogenated alkanes) is 19. The summed E-state index contributed by atoms with van der Waals surface area (Å²) in [4.78, 5) is 61.9. The Morgan fingerprint density at radius 2 is 1.30 bits per heavy atom. The number of nitrogens with zero attached hydrogens (tertiary/aromatic N) is 2. The average molecular weight is 994 g/mol. The van der Waals surface area contributed by atoms with E-state index in [1.807, 2.05) is 0 Å². The van der Waals surface area contributed by atoms with Crippen LogP contribution in [0.2, 0.25) is 0 Å². The highest BCUT2D eigenvalue weighted by atomic mass is 31.3. The van der Waals surface area contributed by atoms with Crippen LogP contribution in [0.4, 0.5) is 5.82 Å². The summed E-state index contributed by atoms with van der Waals surface area (Å²) in [6, 6.07) is 1.25. The fraction of sp³-hybridized carbons (Fsp3) is 0.826. The van der Waals surface area contributed by atoms with Gasteiger partial charge in [-0.2, -0.15) is 9.29 Å². The van der Waals surface area contributed by atoms with Crippen LogP contribution >= 0.6 is 15.6 Å². The predicted octanol–water partition coefficient (Wildman–Crippen LogP) is 8.66. The number of nitrogen functional groups attached to an aromatic ring is 1. The third-order valence-electron chi connectivity index (χ3n) is 11.8. The lowest BCUT2D eigenvalue weighted by molar-refractivity contribution is -0.161. The van der Waals surface area contributed by atoms with E-state index in [4.69, 9.17) is 33.7 Å². The first-order valence-electron chi connectivity index (χ1n) is 24.8. The Hall–Kier alpha value is -2.54. The summed E-state index contributed by atoms with van der Waals surface area (Å²) in [5, 5.41) is 20.9. The van der Waals surface area contributed by atoms with Gasteiger partial charge in [0.05, 0.1) is 25.4 Å². The Kier molecular flexibility index (Phi) is 29.1. The number of rotatable bonds is 40. The first-order chi connectivity index (χ1) is 32.1. The molecule has 0 radical (unpaired) electrons. The maximum atomic E-state index is 12.9. The molecule has 0 aliphatic carbocycles. The van der Waals surface area contributed by atoms with Gasteiger partial charge in [0.25, 0.3) is 0 Å². The second kappa shape index (κ2) is 33.1. The van der Waals surface area contributed by atoms with Gasteiger partial charge in [-0.25, -0.2) is 13.9 Å². The first kappa shape index (κ1) is 58.8. The molecule has 2 fully saturated rings. The number of anilines is 1. The number of phosphoric acid groups is 2. The Labute approximate surface area is 397 Å². The fourth-order valence-corrected chi connectivity index (χ4v) is 9.90. The number of phosphoric ester groups is 2. The molecule has 0 amide bonds. The van der Waals surface area contributed by atoms with Crippen molar-refractivity contribution in [2.45, 2.75) is 224 Å². The molecule has 6 N–H and O–H groups in total. The van der Waals surface area contributed by atoms with Crippen LogP contribution in [0.15, 0.2) is 29.2 Å². The number of carbonyl (C=O) groups is 2. The van der Waals surface area contributed by atoms with Gasteiger partial charge in [-0.3, -0.25) is 23.2 Å². The molecule has 0 saturated carbocycles. The van der Waals surface area contributed by atoms with E-state index >= 15 is 0 Å². The van der Waals surface area contributed by atoms with E-state index in [1.54, 1.807) is 0 Å². The molecule has 386 valence electrons. The van der Waals surface area contributed by atoms with Gasteiger partial charge < -0.3 is 44.7 Å². The summed E-state index contributed by atoms with van der Waals surface area (Å²) in [7, 11) is -10.8. The van der Waals surface area contributed by atoms with Crippen molar-refractivity contribution in [3.63, 3.8) is 0 Å². The maximum Gasteiger partial charge on any atom is 0.481 e. The molecule has 3 heterocycles. The SMILES string of the molecule is CCCCC/C=C\CC1OC1CCCCCCCC(=O)O[C@H](COC(=O)CCCCCCCCCCCCCCC)COP(=O)(O)OP(=O)(O)OC[C@H]1O[C@@H](n2ccc(N)nc2=O)[C@H](O)[C@@H]1O. The zero-order valence-corrected chi connectivity index (χ0v) is 41.7. The molecule has 3 rings (SSSR count). The Morgan fingerprint density at radius 3 is 1.93 bits per heavy atom. The number of aromatic nitrogens is 2. The van der Waals surface area contributed by atoms with E-state index < -0.39 is 83.7 Å². The lowest BCUT2D eigenvalue weighted by Crippen LogP contribution is -2.36. The minimum absolute atomic E-state index is 0.0306. The Balaban J connectivity index is 1.41. The molecule has 21 heteroatoms. The van der Waals surface area contributed by atoms with E-state index in [9.17, 15) is 43.5 Å². The van der Waals surface area contributed by atoms with E-state index in [0.717, 1.165) is 81.4 Å². The van der Waals surface area contributed by atoms with Crippen molar-refractivity contribution < 1.29 is 71.0 Å². The molecule has 2 aliphatic rings. The lowest BCUT2D eigenvalue weighted by Gasteiger charge is -2.21. The summed E-state index contributed by atoms with van der Waals surface area (Å²) >= 11 is 0. The topological polar surface area (TPSA) is 278 Å². The molecule has 4 unspecified atom stereocenters. The summed E-state index contributed by atoms with van der Waals surface area (Å²) < 4.78 is 62.5. The highest BCUT2D eigenvalue weighted by Gasteiger charge is 2.46. The van der Waals surface area contributed by atoms with Crippen molar-refractivity contribution >= 4 is 33.4 Å². The number of nitrogens with two attached hydrogens (primary N) is 1. The van der Waals surface area contributed by atoms with Crippen LogP contribution in [0.5, 0.6) is 0 Å². The van der Waals surface area contributed by atoms with Crippen molar-refractivity contribution in [2.24, 2.45) is 0 Å². The van der Waals surface area contributed by atoms with Gasteiger partial charge in [0.15, 0.2) is 12.3 Å². The Bertz CT molecular complexity index is 1740. The summed E-state index contributed by atoms with van der Waals surface area (Å²) in [6.07, 6.45) is 24.5. The molecule has 2 saturated heterocycles. The minimum atomic E-state index is -5.43. The second-order valence-corrected chi connectivity index (χ2v) is 20.8. The zero-order valence-electron chi connectivity index (χ0n) is 39.9. The fourth-order valence-electron chi connectivity index (χ4n) is 7.79. The van der Waals surface area contributed by atoms with Gasteiger partial charge in [-0.15, -0.1) is 0 Å². The molecule has 0 spiro atoms. The van der Waals surface area contributed by atoms with Crippen LogP contribution in [-0.4, -0.2) is 97.9 Å². The van der Waals surface area contributed by atoms with Crippen LogP contribution in [0, 0.1) is 0 Å². The van der Waals surface area contributed by atoms with Crippen molar-refractivity contribution in [3.8, 4) is 0 Å². The van der Waals surface area contributed by atoms with E-state index in [2.05, 4.69) is 35.3 Å². The summed E-state index contributed by atoms with van der Waals surface area (Å²) in [6.45, 7) is 2.11. The monoisotopic (exact) mass is 994 g/mol. The summed E-state index contributed by atoms with van der Waals surface area (Å²) in [5.41, 5.74) is 4.59. The first-order valence-corrected chi connectivity index (χ1v) is 27.8. The Morgan fingerprint density at radius 1 is 0.731 bits per heavy atom. The quantitative estimate of drug-likeness (QED) is 0.0135. The molecular weight excluding hydrogens is 912 g/mol. The van der Waals surface area contributed by atoms with Gasteiger partial charge in [-0.1, -0.05) is 142 Å². The summed E-state index contributed by atoms with van der Waals surface area (Å²) in [5.74, 6) is -1.31. The van der Waals surface area contributed by atoms with E-state index in [0.29, 0.717) is 25.0 Å². The third-order valence-corrected chi connectivity index (χ3v) is 14.4. The van der Waals surface area contributed by atoms with Crippen LogP contribution in [-0.2, 0) is 51.0 Å². The van der Waals surface area contributed by atoms with Crippen molar-refractivity contribution in [2.75, 3.05) is 25.6 Å². The van der Waals surface area contributed by atoms with Crippen LogP contribution in [0.1, 0.15) is 187 Å². The number of ether oxygens (including phenoxy) is 4. The highest BCUT2D eigenvalue weighted by molar-refractivity contribution is 7.61. The molecular formula is C46H81N3O16P2. The molecule has 0 aromatic carbocycles. The number of allylic oxidation sites excluding steroid dienone is 1. The number of aliphatic hydroxyl groups is 2. The normalized spacial score (nSPS) is 22.7. The predicted molar refractivity (Wildman–Crippen MR) is 252 cm³/mol. The van der Waals surface area contributed by atoms with Gasteiger partial charge in [0, 0.05) is 19.0 Å². The molecule has 67 heavy (non-hydrogen) atoms. The molecule has 9 atom stereocenters. The zero-order chi connectivity index (χ0) is 48.9. The van der Waals surface area contributed by atoms with Crippen LogP contribution < -0.4 is 11.4 Å². The number of carbonyl (C=O) groups excluding carboxylic acids is 2. The molecule has 1 aromatic rings. The minimum Gasteiger partial charge on any atom is -0.462 e. The van der Waals surface area contributed by atoms with Crippen LogP contribution in [0.3, 0.4) is 0 Å². The number of aliphatic hydroxyl groups excluding tert-OH is 2. The number of epoxide rings is 1. The van der Waals surface area contributed by atoms with Gasteiger partial charge in [-0.05, 0) is 44.6 Å². The third kappa shape index (κ3) is 25.8. The largest absolute Gasteiger partial charge is 0.481 e. The second-order valence-electron chi connectivity index (χ2n) is 17.7. The molecule has 0 bridgehead atoms.